The van der Waals surface area contributed by atoms with E-state index in [4.69, 9.17) is 4.98 Å². The van der Waals surface area contributed by atoms with Gasteiger partial charge in [-0.15, -0.1) is 0 Å². The fourth-order valence-corrected chi connectivity index (χ4v) is 2.67. The Morgan fingerprint density at radius 3 is 2.83 bits per heavy atom. The van der Waals surface area contributed by atoms with Crippen molar-refractivity contribution in [2.75, 3.05) is 0 Å². The van der Waals surface area contributed by atoms with Crippen LogP contribution in [0.25, 0.3) is 0 Å². The summed E-state index contributed by atoms with van der Waals surface area (Å²) in [5.74, 6) is 2.50. The van der Waals surface area contributed by atoms with Crippen LogP contribution in [0.4, 0.5) is 0 Å². The predicted molar refractivity (Wildman–Crippen MR) is 70.4 cm³/mol. The lowest BCUT2D eigenvalue weighted by Crippen LogP contribution is -2.20. The van der Waals surface area contributed by atoms with E-state index in [1.807, 2.05) is 23.1 Å². The largest absolute Gasteiger partial charge is 0.344 e. The van der Waals surface area contributed by atoms with Crippen LogP contribution in [0.1, 0.15) is 44.0 Å². The van der Waals surface area contributed by atoms with Crippen LogP contribution in [0, 0.1) is 11.8 Å². The summed E-state index contributed by atoms with van der Waals surface area (Å²) < 4.78 is 1.94. The summed E-state index contributed by atoms with van der Waals surface area (Å²) in [6, 6.07) is 2.12. The van der Waals surface area contributed by atoms with Crippen molar-refractivity contribution in [2.24, 2.45) is 11.8 Å². The second-order valence-electron chi connectivity index (χ2n) is 5.57. The number of aromatic amines is 1. The predicted octanol–water partition coefficient (Wildman–Crippen LogP) is 2.59. The van der Waals surface area contributed by atoms with E-state index in [1.165, 1.54) is 11.4 Å². The van der Waals surface area contributed by atoms with Gasteiger partial charge in [-0.3, -0.25) is 4.68 Å². The molecule has 2 heterocycles. The quantitative estimate of drug-likeness (QED) is 0.882. The Labute approximate surface area is 107 Å². The molecule has 0 bridgehead atoms. The highest BCUT2D eigenvalue weighted by molar-refractivity contribution is 5.20. The highest BCUT2D eigenvalue weighted by atomic mass is 15.3. The molecule has 0 fully saturated rings. The lowest BCUT2D eigenvalue weighted by molar-refractivity contribution is 0.355. The maximum Gasteiger partial charge on any atom is 0.131 e. The summed E-state index contributed by atoms with van der Waals surface area (Å²) in [6.45, 7) is 6.77. The molecule has 1 aliphatic rings. The highest BCUT2D eigenvalue weighted by Gasteiger charge is 2.26. The van der Waals surface area contributed by atoms with Gasteiger partial charge in [-0.1, -0.05) is 13.8 Å². The molecule has 3 unspecified atom stereocenters. The average molecular weight is 244 g/mol. The number of hydrogen-bond donors (Lipinski definition) is 1. The molecular formula is C14H20N4. The molecule has 18 heavy (non-hydrogen) atoms. The van der Waals surface area contributed by atoms with Gasteiger partial charge in [0.1, 0.15) is 11.9 Å². The summed E-state index contributed by atoms with van der Waals surface area (Å²) in [5.41, 5.74) is 2.59. The zero-order valence-corrected chi connectivity index (χ0v) is 11.2. The molecule has 0 aromatic carbocycles. The highest BCUT2D eigenvalue weighted by Crippen LogP contribution is 2.29. The third-order valence-electron chi connectivity index (χ3n) is 4.21. The summed E-state index contributed by atoms with van der Waals surface area (Å²) >= 11 is 0. The van der Waals surface area contributed by atoms with Gasteiger partial charge in [0.05, 0.1) is 5.69 Å². The van der Waals surface area contributed by atoms with Gasteiger partial charge in [0.2, 0.25) is 0 Å². The average Bonchev–Trinajstić information content (AvgIpc) is 2.97. The maximum absolute atomic E-state index is 4.78. The van der Waals surface area contributed by atoms with Gasteiger partial charge in [-0.05, 0) is 37.7 Å². The van der Waals surface area contributed by atoms with Crippen molar-refractivity contribution in [3.63, 3.8) is 0 Å². The zero-order valence-electron chi connectivity index (χ0n) is 11.2. The van der Waals surface area contributed by atoms with Gasteiger partial charge in [-0.25, -0.2) is 4.98 Å². The third-order valence-corrected chi connectivity index (χ3v) is 4.21. The number of imidazole rings is 1. The molecule has 0 aliphatic heterocycles. The van der Waals surface area contributed by atoms with Crippen molar-refractivity contribution in [1.29, 1.82) is 0 Å². The second-order valence-corrected chi connectivity index (χ2v) is 5.57. The molecule has 3 rings (SSSR count). The molecule has 3 atom stereocenters. The molecule has 0 saturated carbocycles. The van der Waals surface area contributed by atoms with E-state index >= 15 is 0 Å². The number of rotatable bonds is 2. The number of aromatic nitrogens is 4. The summed E-state index contributed by atoms with van der Waals surface area (Å²) in [4.78, 5) is 8.28. The van der Waals surface area contributed by atoms with Crippen LogP contribution in [-0.4, -0.2) is 19.7 Å². The number of hydrogen-bond acceptors (Lipinski definition) is 2. The van der Waals surface area contributed by atoms with Gasteiger partial charge in [0.25, 0.3) is 0 Å². The topological polar surface area (TPSA) is 46.5 Å². The monoisotopic (exact) mass is 244 g/mol. The van der Waals surface area contributed by atoms with Crippen molar-refractivity contribution in [2.45, 2.75) is 39.7 Å². The van der Waals surface area contributed by atoms with E-state index in [0.29, 0.717) is 0 Å². The van der Waals surface area contributed by atoms with E-state index in [2.05, 4.69) is 30.9 Å². The normalized spacial score (nSPS) is 24.8. The molecule has 96 valence electrons. The minimum absolute atomic E-state index is 0.177. The third kappa shape index (κ3) is 1.85. The Kier molecular flexibility index (Phi) is 2.73. The minimum atomic E-state index is 0.177. The number of nitrogens with one attached hydrogen (secondary N) is 1. The van der Waals surface area contributed by atoms with Crippen molar-refractivity contribution in [3.8, 4) is 0 Å². The smallest absolute Gasteiger partial charge is 0.131 e. The van der Waals surface area contributed by atoms with Crippen LogP contribution >= 0.6 is 0 Å². The van der Waals surface area contributed by atoms with Crippen LogP contribution in [0.15, 0.2) is 18.5 Å². The van der Waals surface area contributed by atoms with E-state index in [9.17, 15) is 0 Å². The second kappa shape index (κ2) is 4.26. The zero-order chi connectivity index (χ0) is 12.7. The fraction of sp³-hybridized carbons (Fsp3) is 0.571. The first-order chi connectivity index (χ1) is 8.65. The summed E-state index contributed by atoms with van der Waals surface area (Å²) in [6.07, 6.45) is 6.01. The number of fused-ring (bicyclic) bond motifs is 1. The van der Waals surface area contributed by atoms with E-state index in [0.717, 1.165) is 30.5 Å². The van der Waals surface area contributed by atoms with Crippen LogP contribution < -0.4 is 0 Å². The molecule has 1 aliphatic carbocycles. The molecule has 0 saturated heterocycles. The van der Waals surface area contributed by atoms with E-state index in [1.54, 1.807) is 0 Å². The number of H-pyrrole nitrogens is 1. The molecule has 0 spiro atoms. The van der Waals surface area contributed by atoms with Gasteiger partial charge in [-0.2, -0.15) is 5.10 Å². The van der Waals surface area contributed by atoms with Crippen molar-refractivity contribution in [1.82, 2.24) is 19.7 Å². The lowest BCUT2D eigenvalue weighted by atomic mass is 9.82. The fourth-order valence-electron chi connectivity index (χ4n) is 2.67. The Balaban J connectivity index is 1.90. The lowest BCUT2D eigenvalue weighted by Gasteiger charge is -2.24. The van der Waals surface area contributed by atoms with Crippen LogP contribution in [0.3, 0.4) is 0 Å². The van der Waals surface area contributed by atoms with Crippen LogP contribution in [0.2, 0.25) is 0 Å². The SMILES string of the molecule is CC1Cc2nc(C(C)n3cccn3)[nH]c2CC1C. The summed E-state index contributed by atoms with van der Waals surface area (Å²) in [7, 11) is 0. The van der Waals surface area contributed by atoms with Gasteiger partial charge < -0.3 is 4.98 Å². The Hall–Kier alpha value is -1.58. The molecule has 2 aromatic rings. The van der Waals surface area contributed by atoms with E-state index in [-0.39, 0.29) is 6.04 Å². The Morgan fingerprint density at radius 2 is 2.11 bits per heavy atom. The summed E-state index contributed by atoms with van der Waals surface area (Å²) in [5, 5.41) is 4.29. The number of nitrogens with zero attached hydrogens (tertiary/aromatic N) is 3. The molecule has 0 radical (unpaired) electrons. The molecule has 1 N–H and O–H groups in total. The molecule has 4 heteroatoms. The Bertz CT molecular complexity index is 498. The molecule has 4 nitrogen and oxygen atoms in total. The Morgan fingerprint density at radius 1 is 1.33 bits per heavy atom. The molecule has 2 aromatic heterocycles. The van der Waals surface area contributed by atoms with Crippen molar-refractivity contribution >= 4 is 0 Å². The van der Waals surface area contributed by atoms with Gasteiger partial charge in [0.15, 0.2) is 0 Å². The maximum atomic E-state index is 4.78. The van der Waals surface area contributed by atoms with Gasteiger partial charge in [0, 0.05) is 18.1 Å². The minimum Gasteiger partial charge on any atom is -0.344 e. The van der Waals surface area contributed by atoms with Crippen LogP contribution in [0.5, 0.6) is 0 Å². The van der Waals surface area contributed by atoms with Gasteiger partial charge >= 0.3 is 0 Å². The van der Waals surface area contributed by atoms with Crippen molar-refractivity contribution < 1.29 is 0 Å². The first-order valence-corrected chi connectivity index (χ1v) is 6.72. The van der Waals surface area contributed by atoms with Crippen molar-refractivity contribution in [3.05, 3.63) is 35.7 Å². The standard InChI is InChI=1S/C14H20N4/c1-9-7-12-13(8-10(9)2)17-14(16-12)11(3)18-6-4-5-15-18/h4-6,9-11H,7-8H2,1-3H3,(H,16,17). The molecule has 0 amide bonds. The first kappa shape index (κ1) is 11.5. The van der Waals surface area contributed by atoms with E-state index < -0.39 is 0 Å². The van der Waals surface area contributed by atoms with Crippen LogP contribution in [-0.2, 0) is 12.8 Å². The first-order valence-electron chi connectivity index (χ1n) is 6.72. The molecular weight excluding hydrogens is 224 g/mol.